The third-order valence-corrected chi connectivity index (χ3v) is 5.63. The normalized spacial score (nSPS) is 10.8. The van der Waals surface area contributed by atoms with Gasteiger partial charge in [-0.1, -0.05) is 0 Å². The lowest BCUT2D eigenvalue weighted by atomic mass is 10.3. The van der Waals surface area contributed by atoms with Gasteiger partial charge in [0.2, 0.25) is 0 Å². The lowest BCUT2D eigenvalue weighted by Gasteiger charge is -2.06. The lowest BCUT2D eigenvalue weighted by molar-refractivity contribution is 0.102. The van der Waals surface area contributed by atoms with Gasteiger partial charge in [0.05, 0.1) is 27.4 Å². The Morgan fingerprint density at radius 2 is 2.20 bits per heavy atom. The highest BCUT2D eigenvalue weighted by Gasteiger charge is 2.21. The van der Waals surface area contributed by atoms with Crippen LogP contribution in [0.15, 0.2) is 15.4 Å². The van der Waals surface area contributed by atoms with E-state index in [4.69, 9.17) is 0 Å². The summed E-state index contributed by atoms with van der Waals surface area (Å²) in [7, 11) is 0. The van der Waals surface area contributed by atoms with E-state index < -0.39 is 0 Å². The van der Waals surface area contributed by atoms with Gasteiger partial charge in [-0.05, 0) is 37.9 Å². The fraction of sp³-hybridized carbons (Fsp3) is 0.417. The van der Waals surface area contributed by atoms with E-state index in [2.05, 4.69) is 14.8 Å². The average molecular weight is 328 g/mol. The number of nitrogens with one attached hydrogen (secondary N) is 1. The SMILES string of the molecule is CCn1ncc(NC(=O)c2c(SC)nsc2SC)c1C. The molecule has 0 atom stereocenters. The lowest BCUT2D eigenvalue weighted by Crippen LogP contribution is -2.13. The van der Waals surface area contributed by atoms with Gasteiger partial charge >= 0.3 is 0 Å². The van der Waals surface area contributed by atoms with Crippen molar-refractivity contribution in [2.45, 2.75) is 29.6 Å². The molecule has 0 spiro atoms. The maximum atomic E-state index is 12.5. The number of aromatic nitrogens is 3. The molecular formula is C12H16N4OS3. The highest BCUT2D eigenvalue weighted by atomic mass is 32.2. The van der Waals surface area contributed by atoms with Crippen molar-refractivity contribution in [2.75, 3.05) is 17.8 Å². The number of carbonyl (C=O) groups excluding carboxylic acids is 1. The third-order valence-electron chi connectivity index (χ3n) is 2.89. The van der Waals surface area contributed by atoms with Crippen molar-refractivity contribution in [1.82, 2.24) is 14.2 Å². The van der Waals surface area contributed by atoms with E-state index in [0.717, 1.165) is 27.2 Å². The van der Waals surface area contributed by atoms with Crippen molar-refractivity contribution in [3.63, 3.8) is 0 Å². The molecule has 2 aromatic rings. The second-order valence-corrected chi connectivity index (χ2v) is 6.62. The summed E-state index contributed by atoms with van der Waals surface area (Å²) in [5.74, 6) is -0.119. The number of nitrogens with zero attached hydrogens (tertiary/aromatic N) is 3. The number of aryl methyl sites for hydroxylation is 1. The Balaban J connectivity index is 2.28. The van der Waals surface area contributed by atoms with Crippen LogP contribution in [-0.2, 0) is 6.54 Å². The van der Waals surface area contributed by atoms with Gasteiger partial charge < -0.3 is 5.32 Å². The number of rotatable bonds is 5. The standard InChI is InChI=1S/C12H16N4OS3/c1-5-16-7(2)8(6-13-16)14-10(17)9-11(18-3)15-20-12(9)19-4/h6H,5H2,1-4H3,(H,14,17). The van der Waals surface area contributed by atoms with Crippen molar-refractivity contribution in [3.05, 3.63) is 17.5 Å². The zero-order chi connectivity index (χ0) is 14.7. The molecule has 0 aromatic carbocycles. The molecule has 2 rings (SSSR count). The molecule has 0 fully saturated rings. The van der Waals surface area contributed by atoms with Gasteiger partial charge in [0, 0.05) is 6.54 Å². The van der Waals surface area contributed by atoms with Gasteiger partial charge in [0.25, 0.3) is 5.91 Å². The fourth-order valence-corrected chi connectivity index (χ4v) is 4.08. The van der Waals surface area contributed by atoms with E-state index in [1.807, 2.05) is 31.0 Å². The van der Waals surface area contributed by atoms with Crippen molar-refractivity contribution in [1.29, 1.82) is 0 Å². The first-order chi connectivity index (χ1) is 9.62. The predicted octanol–water partition coefficient (Wildman–Crippen LogP) is 3.36. The summed E-state index contributed by atoms with van der Waals surface area (Å²) in [4.78, 5) is 12.5. The summed E-state index contributed by atoms with van der Waals surface area (Å²) in [5, 5.41) is 7.94. The van der Waals surface area contributed by atoms with Crippen LogP contribution < -0.4 is 5.32 Å². The minimum absolute atomic E-state index is 0.119. The van der Waals surface area contributed by atoms with Crippen LogP contribution in [0.1, 0.15) is 23.0 Å². The first-order valence-electron chi connectivity index (χ1n) is 6.03. The van der Waals surface area contributed by atoms with Crippen molar-refractivity contribution in [3.8, 4) is 0 Å². The van der Waals surface area contributed by atoms with Crippen molar-refractivity contribution < 1.29 is 4.79 Å². The molecule has 2 aromatic heterocycles. The predicted molar refractivity (Wildman–Crippen MR) is 86.3 cm³/mol. The molecule has 0 aliphatic carbocycles. The van der Waals surface area contributed by atoms with Crippen LogP contribution in [0.5, 0.6) is 0 Å². The van der Waals surface area contributed by atoms with Gasteiger partial charge in [0.1, 0.15) is 5.03 Å². The highest BCUT2D eigenvalue weighted by Crippen LogP contribution is 2.33. The Bertz CT molecular complexity index is 599. The van der Waals surface area contributed by atoms with Gasteiger partial charge in [-0.15, -0.1) is 23.5 Å². The van der Waals surface area contributed by atoms with Crippen molar-refractivity contribution >= 4 is 46.7 Å². The van der Waals surface area contributed by atoms with Crippen LogP contribution in [0.2, 0.25) is 0 Å². The van der Waals surface area contributed by atoms with Crippen LogP contribution in [0.25, 0.3) is 0 Å². The molecule has 0 saturated carbocycles. The highest BCUT2D eigenvalue weighted by molar-refractivity contribution is 8.01. The first kappa shape index (κ1) is 15.4. The Kier molecular flexibility index (Phi) is 5.11. The minimum atomic E-state index is -0.119. The molecule has 0 bridgehead atoms. The minimum Gasteiger partial charge on any atom is -0.319 e. The van der Waals surface area contributed by atoms with Crippen LogP contribution in [-0.4, -0.2) is 32.6 Å². The number of hydrogen-bond acceptors (Lipinski definition) is 6. The monoisotopic (exact) mass is 328 g/mol. The van der Waals surface area contributed by atoms with E-state index in [9.17, 15) is 4.79 Å². The van der Waals surface area contributed by atoms with Gasteiger partial charge in [-0.2, -0.15) is 9.47 Å². The zero-order valence-electron chi connectivity index (χ0n) is 11.8. The van der Waals surface area contributed by atoms with Gasteiger partial charge in [0.15, 0.2) is 0 Å². The second kappa shape index (κ2) is 6.64. The molecule has 1 amide bonds. The number of amides is 1. The molecule has 0 saturated heterocycles. The number of anilines is 1. The summed E-state index contributed by atoms with van der Waals surface area (Å²) in [5.41, 5.74) is 2.38. The quantitative estimate of drug-likeness (QED) is 0.853. The third kappa shape index (κ3) is 2.87. The summed E-state index contributed by atoms with van der Waals surface area (Å²) in [6.45, 7) is 4.75. The maximum absolute atomic E-state index is 12.5. The molecule has 8 heteroatoms. The van der Waals surface area contributed by atoms with E-state index in [1.54, 1.807) is 18.0 Å². The van der Waals surface area contributed by atoms with E-state index in [-0.39, 0.29) is 5.91 Å². The van der Waals surface area contributed by atoms with Crippen LogP contribution in [0.3, 0.4) is 0 Å². The largest absolute Gasteiger partial charge is 0.319 e. The topological polar surface area (TPSA) is 59.8 Å². The van der Waals surface area contributed by atoms with Gasteiger partial charge in [-0.25, -0.2) is 0 Å². The number of carbonyl (C=O) groups is 1. The fourth-order valence-electron chi connectivity index (χ4n) is 1.80. The number of thioether (sulfide) groups is 2. The molecule has 0 aliphatic rings. The Morgan fingerprint density at radius 1 is 1.45 bits per heavy atom. The first-order valence-corrected chi connectivity index (χ1v) is 9.26. The Labute approximate surface area is 130 Å². The zero-order valence-corrected chi connectivity index (χ0v) is 14.2. The molecule has 108 valence electrons. The Hall–Kier alpha value is -0.990. The summed E-state index contributed by atoms with van der Waals surface area (Å²) < 4.78 is 7.11. The van der Waals surface area contributed by atoms with E-state index in [1.165, 1.54) is 23.3 Å². The van der Waals surface area contributed by atoms with E-state index >= 15 is 0 Å². The molecular weight excluding hydrogens is 312 g/mol. The van der Waals surface area contributed by atoms with Gasteiger partial charge in [-0.3, -0.25) is 9.48 Å². The molecule has 0 radical (unpaired) electrons. The van der Waals surface area contributed by atoms with Crippen molar-refractivity contribution in [2.24, 2.45) is 0 Å². The smallest absolute Gasteiger partial charge is 0.260 e. The molecule has 0 unspecified atom stereocenters. The maximum Gasteiger partial charge on any atom is 0.260 e. The summed E-state index contributed by atoms with van der Waals surface area (Å²) in [6, 6.07) is 0. The molecule has 0 aliphatic heterocycles. The molecule has 20 heavy (non-hydrogen) atoms. The second-order valence-electron chi connectivity index (χ2n) is 3.97. The van der Waals surface area contributed by atoms with Crippen LogP contribution in [0, 0.1) is 6.92 Å². The van der Waals surface area contributed by atoms with E-state index in [0.29, 0.717) is 5.56 Å². The molecule has 1 N–H and O–H groups in total. The Morgan fingerprint density at radius 3 is 2.75 bits per heavy atom. The van der Waals surface area contributed by atoms with Crippen LogP contribution >= 0.6 is 35.1 Å². The number of hydrogen-bond donors (Lipinski definition) is 1. The average Bonchev–Trinajstić information content (AvgIpc) is 3.02. The summed E-state index contributed by atoms with van der Waals surface area (Å²) in [6.07, 6.45) is 5.57. The molecule has 2 heterocycles. The summed E-state index contributed by atoms with van der Waals surface area (Å²) >= 11 is 4.40. The molecule has 5 nitrogen and oxygen atoms in total. The van der Waals surface area contributed by atoms with Crippen LogP contribution in [0.4, 0.5) is 5.69 Å².